The van der Waals surface area contributed by atoms with Crippen LogP contribution in [0.4, 0.5) is 18.9 Å². The zero-order chi connectivity index (χ0) is 45.1. The average Bonchev–Trinajstić information content (AvgIpc) is 3.98. The van der Waals surface area contributed by atoms with Gasteiger partial charge in [-0.15, -0.1) is 0 Å². The Morgan fingerprint density at radius 2 is 1.61 bits per heavy atom. The topological polar surface area (TPSA) is 216 Å². The Kier molecular flexibility index (Phi) is 12.8. The first kappa shape index (κ1) is 43.9. The van der Waals surface area contributed by atoms with Gasteiger partial charge in [0.05, 0.1) is 48.8 Å². The van der Waals surface area contributed by atoms with Crippen LogP contribution in [-0.4, -0.2) is 122 Å². The van der Waals surface area contributed by atoms with Crippen LogP contribution < -0.4 is 19.5 Å². The highest BCUT2D eigenvalue weighted by atomic mass is 32.2. The molecule has 5 heterocycles. The minimum absolute atomic E-state index is 0.0145. The van der Waals surface area contributed by atoms with Gasteiger partial charge >= 0.3 is 10.2 Å². The fourth-order valence-corrected chi connectivity index (χ4v) is 8.80. The first-order valence-corrected chi connectivity index (χ1v) is 21.5. The van der Waals surface area contributed by atoms with E-state index in [1.54, 1.807) is 48.7 Å². The Labute approximate surface area is 363 Å². The van der Waals surface area contributed by atoms with Crippen molar-refractivity contribution >= 4 is 56.3 Å². The molecule has 4 amide bonds. The number of carbonyl (C=O) groups excluding carboxylic acids is 5. The largest absolute Gasteiger partial charge is 0.491 e. The summed E-state index contributed by atoms with van der Waals surface area (Å²) in [6, 6.07) is 13.7. The van der Waals surface area contributed by atoms with Crippen LogP contribution in [0.3, 0.4) is 0 Å². The molecular formula is C43H39F3N6O11S. The average molecular weight is 905 g/mol. The van der Waals surface area contributed by atoms with Crippen molar-refractivity contribution in [2.75, 3.05) is 57.5 Å². The third kappa shape index (κ3) is 9.05. The molecule has 5 aromatic rings. The van der Waals surface area contributed by atoms with Crippen molar-refractivity contribution in [2.45, 2.75) is 31.5 Å². The smallest absolute Gasteiger partial charge is 0.301 e. The van der Waals surface area contributed by atoms with Gasteiger partial charge < -0.3 is 23.9 Å². The molecule has 3 aliphatic heterocycles. The molecule has 8 rings (SSSR count). The molecule has 64 heavy (non-hydrogen) atoms. The highest BCUT2D eigenvalue weighted by molar-refractivity contribution is 7.90. The maximum Gasteiger partial charge on any atom is 0.301 e. The summed E-state index contributed by atoms with van der Waals surface area (Å²) in [6.45, 7) is 0.646. The van der Waals surface area contributed by atoms with Crippen LogP contribution in [0.15, 0.2) is 73.1 Å². The lowest BCUT2D eigenvalue weighted by Gasteiger charge is -2.27. The minimum Gasteiger partial charge on any atom is -0.491 e. The number of pyridine rings is 1. The van der Waals surface area contributed by atoms with E-state index in [1.165, 1.54) is 12.3 Å². The van der Waals surface area contributed by atoms with Gasteiger partial charge in [-0.05, 0) is 60.9 Å². The van der Waals surface area contributed by atoms with E-state index in [9.17, 15) is 36.8 Å². The second-order valence-electron chi connectivity index (χ2n) is 14.9. The van der Waals surface area contributed by atoms with E-state index >= 15 is 8.78 Å². The molecule has 2 atom stereocenters. The van der Waals surface area contributed by atoms with Gasteiger partial charge in [-0.3, -0.25) is 38.9 Å². The van der Waals surface area contributed by atoms with Gasteiger partial charge in [0.2, 0.25) is 17.6 Å². The molecule has 0 aliphatic carbocycles. The number of aromatic nitrogens is 2. The van der Waals surface area contributed by atoms with Gasteiger partial charge in [-0.1, -0.05) is 18.2 Å². The summed E-state index contributed by atoms with van der Waals surface area (Å²) in [5.41, 5.74) is -0.0392. The summed E-state index contributed by atoms with van der Waals surface area (Å²) in [5, 5.41) is 2.43. The summed E-state index contributed by atoms with van der Waals surface area (Å²) in [7, 11) is -4.38. The lowest BCUT2D eigenvalue weighted by Crippen LogP contribution is -2.54. The Balaban J connectivity index is 0.784. The van der Waals surface area contributed by atoms with Crippen LogP contribution in [0.25, 0.3) is 22.2 Å². The number of imide groups is 2. The Morgan fingerprint density at radius 1 is 0.875 bits per heavy atom. The molecule has 2 saturated heterocycles. The number of nitrogens with zero attached hydrogens (tertiary/aromatic N) is 3. The molecule has 3 N–H and O–H groups in total. The maximum atomic E-state index is 15.7. The van der Waals surface area contributed by atoms with E-state index in [0.29, 0.717) is 16.9 Å². The number of anilines is 1. The third-order valence-electron chi connectivity index (χ3n) is 10.7. The molecule has 1 unspecified atom stereocenters. The van der Waals surface area contributed by atoms with Crippen LogP contribution >= 0.6 is 0 Å². The molecule has 2 aromatic heterocycles. The number of H-pyrrole nitrogens is 1. The molecule has 0 saturated carbocycles. The van der Waals surface area contributed by atoms with E-state index < -0.39 is 81.3 Å². The number of aromatic amines is 1. The fourth-order valence-electron chi connectivity index (χ4n) is 7.53. The monoisotopic (exact) mass is 904 g/mol. The number of hydrogen-bond acceptors (Lipinski definition) is 12. The molecule has 334 valence electrons. The summed E-state index contributed by atoms with van der Waals surface area (Å²) in [5.74, 6) is -5.42. The molecular weight excluding hydrogens is 866 g/mol. The van der Waals surface area contributed by atoms with Crippen molar-refractivity contribution in [3.63, 3.8) is 0 Å². The first-order chi connectivity index (χ1) is 30.8. The molecule has 17 nitrogen and oxygen atoms in total. The number of nitrogens with one attached hydrogen (secondary N) is 3. The van der Waals surface area contributed by atoms with Crippen molar-refractivity contribution < 1.29 is 64.5 Å². The third-order valence-corrected chi connectivity index (χ3v) is 12.2. The maximum absolute atomic E-state index is 15.7. The SMILES string of the molecule is O=C1CCC(N2C(=O)c3cccc(OCCOCCOCCOc4ccc(-c5cnc6[nH]cc(C(=O)c7c(F)ccc(NS(=O)(=O)N8CC[C@@H](F)C8)c7F)c6c5)cc4)c3C2=O)C(=O)N1. The summed E-state index contributed by atoms with van der Waals surface area (Å²) in [6.07, 6.45) is 1.49. The van der Waals surface area contributed by atoms with Crippen LogP contribution in [-0.2, 0) is 29.3 Å². The highest BCUT2D eigenvalue weighted by Crippen LogP contribution is 2.34. The number of halogens is 3. The Bertz CT molecular complexity index is 2770. The lowest BCUT2D eigenvalue weighted by atomic mass is 10.00. The quantitative estimate of drug-likeness (QED) is 0.0637. The van der Waals surface area contributed by atoms with E-state index in [0.717, 1.165) is 21.3 Å². The number of piperidine rings is 1. The van der Waals surface area contributed by atoms with Gasteiger partial charge in [-0.25, -0.2) is 18.2 Å². The van der Waals surface area contributed by atoms with Gasteiger partial charge in [0, 0.05) is 48.4 Å². The normalized spacial score (nSPS) is 17.8. The zero-order valence-corrected chi connectivity index (χ0v) is 34.6. The van der Waals surface area contributed by atoms with Crippen molar-refractivity contribution in [3.8, 4) is 22.6 Å². The number of benzene rings is 3. The van der Waals surface area contributed by atoms with E-state index in [-0.39, 0.29) is 98.9 Å². The second-order valence-corrected chi connectivity index (χ2v) is 16.5. The summed E-state index contributed by atoms with van der Waals surface area (Å²) < 4.78 is 95.3. The number of ether oxygens (including phenoxy) is 4. The number of fused-ring (bicyclic) bond motifs is 2. The number of alkyl halides is 1. The van der Waals surface area contributed by atoms with E-state index in [4.69, 9.17) is 18.9 Å². The molecule has 0 spiro atoms. The van der Waals surface area contributed by atoms with Crippen molar-refractivity contribution in [2.24, 2.45) is 0 Å². The zero-order valence-electron chi connectivity index (χ0n) is 33.7. The lowest BCUT2D eigenvalue weighted by molar-refractivity contribution is -0.136. The Hall–Kier alpha value is -6.68. The molecule has 0 bridgehead atoms. The number of rotatable bonds is 18. The van der Waals surface area contributed by atoms with Crippen LogP contribution in [0, 0.1) is 11.6 Å². The summed E-state index contributed by atoms with van der Waals surface area (Å²) >= 11 is 0. The van der Waals surface area contributed by atoms with E-state index in [1.807, 2.05) is 4.72 Å². The molecule has 3 aromatic carbocycles. The Morgan fingerprint density at radius 3 is 2.33 bits per heavy atom. The van der Waals surface area contributed by atoms with Gasteiger partial charge in [-0.2, -0.15) is 12.7 Å². The van der Waals surface area contributed by atoms with Crippen LogP contribution in [0.5, 0.6) is 11.5 Å². The molecule has 21 heteroatoms. The van der Waals surface area contributed by atoms with Crippen molar-refractivity contribution in [1.82, 2.24) is 24.5 Å². The molecule has 0 radical (unpaired) electrons. The van der Waals surface area contributed by atoms with Gasteiger partial charge in [0.1, 0.15) is 48.4 Å². The van der Waals surface area contributed by atoms with Gasteiger partial charge in [0.15, 0.2) is 5.82 Å². The predicted octanol–water partition coefficient (Wildman–Crippen LogP) is 4.33. The van der Waals surface area contributed by atoms with Crippen molar-refractivity contribution in [3.05, 3.63) is 107 Å². The molecule has 3 aliphatic rings. The van der Waals surface area contributed by atoms with Crippen LogP contribution in [0.2, 0.25) is 0 Å². The fraction of sp³-hybridized carbons (Fsp3) is 0.302. The first-order valence-electron chi connectivity index (χ1n) is 20.1. The second kappa shape index (κ2) is 18.6. The molecule has 2 fully saturated rings. The standard InChI is InChI=1S/C43H39F3N6O11S/c44-26-12-13-51(23-26)64(58,59)50-32-9-8-31(45)37(38(32)46)39(54)30-22-48-40-29(30)20-25(21-47-40)24-4-6-27(7-5-24)62-18-16-60-14-15-61-17-19-63-34-3-1-2-28-36(34)43(57)52(42(28)56)33-10-11-35(53)49-41(33)55/h1-9,20-22,26,33,50H,10-19,23H2,(H,47,48)(H,49,53,55)/t26-,33?/m1/s1. The van der Waals surface area contributed by atoms with Crippen molar-refractivity contribution in [1.29, 1.82) is 0 Å². The van der Waals surface area contributed by atoms with Crippen LogP contribution in [0.1, 0.15) is 55.9 Å². The predicted molar refractivity (Wildman–Crippen MR) is 221 cm³/mol. The number of ketones is 1. The summed E-state index contributed by atoms with van der Waals surface area (Å²) in [4.78, 5) is 71.8. The minimum atomic E-state index is -4.38. The number of hydrogen-bond donors (Lipinski definition) is 3. The number of carbonyl (C=O) groups is 5. The van der Waals surface area contributed by atoms with E-state index in [2.05, 4.69) is 15.3 Å². The van der Waals surface area contributed by atoms with Gasteiger partial charge in [0.25, 0.3) is 11.8 Å². The highest BCUT2D eigenvalue weighted by Gasteiger charge is 2.46. The number of amides is 4.